The lowest BCUT2D eigenvalue weighted by Crippen LogP contribution is -2.24. The molecule has 1 atom stereocenters. The summed E-state index contributed by atoms with van der Waals surface area (Å²) in [4.78, 5) is 13.4. The van der Waals surface area contributed by atoms with Crippen LogP contribution in [-0.4, -0.2) is 27.0 Å². The first-order valence-electron chi connectivity index (χ1n) is 12.5. The monoisotopic (exact) mass is 522 g/mol. The normalized spacial score (nSPS) is 15.3. The molecule has 2 aliphatic heterocycles. The summed E-state index contributed by atoms with van der Waals surface area (Å²) in [5, 5.41) is 0. The number of fused-ring (bicyclic) bond motifs is 2. The van der Waals surface area contributed by atoms with Gasteiger partial charge in [-0.15, -0.1) is 0 Å². The lowest BCUT2D eigenvalue weighted by molar-refractivity contribution is -0.137. The Balaban J connectivity index is 1.49. The molecule has 0 fully saturated rings. The predicted molar refractivity (Wildman–Crippen MR) is 144 cm³/mol. The van der Waals surface area contributed by atoms with Crippen molar-refractivity contribution in [1.29, 1.82) is 0 Å². The number of hydrogen-bond acceptors (Lipinski definition) is 7. The maximum absolute atomic E-state index is 13.4. The van der Waals surface area contributed by atoms with Gasteiger partial charge < -0.3 is 28.4 Å². The van der Waals surface area contributed by atoms with Gasteiger partial charge in [0.05, 0.1) is 19.8 Å². The molecule has 7 nitrogen and oxygen atoms in total. The molecule has 0 bridgehead atoms. The molecule has 0 N–H and O–H groups in total. The highest BCUT2D eigenvalue weighted by atomic mass is 16.7. The summed E-state index contributed by atoms with van der Waals surface area (Å²) in [7, 11) is 2.98. The summed E-state index contributed by atoms with van der Waals surface area (Å²) in [6.45, 7) is 0.557. The Morgan fingerprint density at radius 2 is 1.56 bits per heavy atom. The number of rotatable bonds is 7. The van der Waals surface area contributed by atoms with Gasteiger partial charge in [0, 0.05) is 16.7 Å². The van der Waals surface area contributed by atoms with Crippen molar-refractivity contribution in [3.63, 3.8) is 0 Å². The van der Waals surface area contributed by atoms with Crippen molar-refractivity contribution >= 4 is 11.5 Å². The number of ether oxygens (including phenoxy) is 6. The van der Waals surface area contributed by atoms with Gasteiger partial charge in [-0.1, -0.05) is 48.5 Å². The third-order valence-corrected chi connectivity index (χ3v) is 6.73. The van der Waals surface area contributed by atoms with E-state index in [-0.39, 0.29) is 6.79 Å². The van der Waals surface area contributed by atoms with Crippen LogP contribution in [0.5, 0.6) is 28.7 Å². The number of benzene rings is 4. The van der Waals surface area contributed by atoms with E-state index in [1.54, 1.807) is 7.11 Å². The molecule has 0 radical (unpaired) electrons. The molecule has 4 aromatic rings. The molecular weight excluding hydrogens is 496 g/mol. The molecule has 2 heterocycles. The second kappa shape index (κ2) is 10.5. The van der Waals surface area contributed by atoms with E-state index in [1.165, 1.54) is 7.11 Å². The summed E-state index contributed by atoms with van der Waals surface area (Å²) in [5.74, 6) is 2.72. The second-order valence-corrected chi connectivity index (χ2v) is 9.05. The van der Waals surface area contributed by atoms with Crippen LogP contribution in [-0.2, 0) is 16.1 Å². The van der Waals surface area contributed by atoms with E-state index in [9.17, 15) is 4.79 Å². The molecule has 39 heavy (non-hydrogen) atoms. The Kier molecular flexibility index (Phi) is 6.55. The van der Waals surface area contributed by atoms with Crippen LogP contribution in [0.4, 0.5) is 0 Å². The zero-order valence-corrected chi connectivity index (χ0v) is 21.5. The quantitative estimate of drug-likeness (QED) is 0.271. The smallest absolute Gasteiger partial charge is 0.338 e. The van der Waals surface area contributed by atoms with E-state index in [4.69, 9.17) is 28.4 Å². The molecule has 196 valence electrons. The van der Waals surface area contributed by atoms with Gasteiger partial charge in [0.25, 0.3) is 0 Å². The average molecular weight is 523 g/mol. The summed E-state index contributed by atoms with van der Waals surface area (Å²) in [5.41, 5.74) is 4.39. The molecule has 0 saturated heterocycles. The second-order valence-electron chi connectivity index (χ2n) is 9.05. The van der Waals surface area contributed by atoms with Crippen molar-refractivity contribution in [2.24, 2.45) is 0 Å². The van der Waals surface area contributed by atoms with Gasteiger partial charge in [-0.2, -0.15) is 0 Å². The third kappa shape index (κ3) is 4.75. The molecule has 2 aliphatic rings. The Bertz CT molecular complexity index is 1540. The fraction of sp³-hybridized carbons (Fsp3) is 0.156. The zero-order valence-electron chi connectivity index (χ0n) is 21.5. The minimum Gasteiger partial charge on any atom is -0.497 e. The maximum Gasteiger partial charge on any atom is 0.338 e. The van der Waals surface area contributed by atoms with Gasteiger partial charge >= 0.3 is 5.97 Å². The zero-order chi connectivity index (χ0) is 26.8. The summed E-state index contributed by atoms with van der Waals surface area (Å²) in [6.07, 6.45) is -0.743. The van der Waals surface area contributed by atoms with E-state index in [1.807, 2.05) is 91.0 Å². The summed E-state index contributed by atoms with van der Waals surface area (Å²) >= 11 is 0. The van der Waals surface area contributed by atoms with E-state index >= 15 is 0 Å². The standard InChI is InChI=1S/C32H26O7/c1-34-23-11-8-21(9-12-23)29-25-17-24(36-18-20-6-4-3-5-7-20)13-15-26(25)39-31(30(29)32(33)35-2)22-10-14-27-28(16-22)38-19-37-27/h3-17,31H,18-19H2,1-2H3. The minimum atomic E-state index is -0.743. The first kappa shape index (κ1) is 24.4. The number of methoxy groups -OCH3 is 2. The molecule has 0 spiro atoms. The molecule has 0 amide bonds. The SMILES string of the molecule is COC(=O)C1=C(c2ccc(OC)cc2)c2cc(OCc3ccccc3)ccc2OC1c1ccc2c(c1)OCO2. The van der Waals surface area contributed by atoms with Gasteiger partial charge in [-0.3, -0.25) is 0 Å². The van der Waals surface area contributed by atoms with E-state index in [2.05, 4.69) is 0 Å². The molecule has 7 heteroatoms. The first-order valence-corrected chi connectivity index (χ1v) is 12.5. The number of carbonyl (C=O) groups excluding carboxylic acids is 1. The highest BCUT2D eigenvalue weighted by molar-refractivity contribution is 6.04. The lowest BCUT2D eigenvalue weighted by Gasteiger charge is -2.31. The Labute approximate surface area is 226 Å². The van der Waals surface area contributed by atoms with Gasteiger partial charge in [0.1, 0.15) is 23.9 Å². The fourth-order valence-electron chi connectivity index (χ4n) is 4.80. The van der Waals surface area contributed by atoms with Crippen LogP contribution < -0.4 is 23.7 Å². The van der Waals surface area contributed by atoms with Gasteiger partial charge in [-0.25, -0.2) is 4.79 Å². The average Bonchev–Trinajstić information content (AvgIpc) is 3.47. The van der Waals surface area contributed by atoms with Crippen LogP contribution in [0.25, 0.3) is 5.57 Å². The van der Waals surface area contributed by atoms with E-state index in [0.29, 0.717) is 46.5 Å². The van der Waals surface area contributed by atoms with Crippen LogP contribution in [0.1, 0.15) is 28.4 Å². The third-order valence-electron chi connectivity index (χ3n) is 6.73. The predicted octanol–water partition coefficient (Wildman–Crippen LogP) is 6.11. The van der Waals surface area contributed by atoms with E-state index in [0.717, 1.165) is 22.3 Å². The molecule has 6 rings (SSSR count). The van der Waals surface area contributed by atoms with Crippen molar-refractivity contribution < 1.29 is 33.2 Å². The van der Waals surface area contributed by atoms with Gasteiger partial charge in [0.2, 0.25) is 6.79 Å². The molecule has 4 aromatic carbocycles. The van der Waals surface area contributed by atoms with E-state index < -0.39 is 12.1 Å². The molecule has 0 aromatic heterocycles. The molecule has 0 aliphatic carbocycles. The van der Waals surface area contributed by atoms with Crippen LogP contribution >= 0.6 is 0 Å². The van der Waals surface area contributed by atoms with Crippen molar-refractivity contribution in [3.05, 3.63) is 119 Å². The van der Waals surface area contributed by atoms with Crippen molar-refractivity contribution in [2.75, 3.05) is 21.0 Å². The first-order chi connectivity index (χ1) is 19.1. The minimum absolute atomic E-state index is 0.149. The summed E-state index contributed by atoms with van der Waals surface area (Å²) < 4.78 is 34.4. The van der Waals surface area contributed by atoms with Crippen molar-refractivity contribution in [1.82, 2.24) is 0 Å². The Morgan fingerprint density at radius 3 is 2.33 bits per heavy atom. The molecular formula is C32H26O7. The van der Waals surface area contributed by atoms with Crippen molar-refractivity contribution in [3.8, 4) is 28.7 Å². The van der Waals surface area contributed by atoms with Crippen LogP contribution in [0.15, 0.2) is 96.6 Å². The Morgan fingerprint density at radius 1 is 0.821 bits per heavy atom. The summed E-state index contributed by atoms with van der Waals surface area (Å²) in [6, 6.07) is 28.7. The highest BCUT2D eigenvalue weighted by Gasteiger charge is 2.36. The topological polar surface area (TPSA) is 72.5 Å². The largest absolute Gasteiger partial charge is 0.497 e. The van der Waals surface area contributed by atoms with Crippen LogP contribution in [0.3, 0.4) is 0 Å². The number of hydrogen-bond donors (Lipinski definition) is 0. The Hall–Kier alpha value is -4.91. The molecule has 0 saturated carbocycles. The highest BCUT2D eigenvalue weighted by Crippen LogP contribution is 2.48. The number of esters is 1. The van der Waals surface area contributed by atoms with Crippen molar-refractivity contribution in [2.45, 2.75) is 12.7 Å². The van der Waals surface area contributed by atoms with Crippen LogP contribution in [0.2, 0.25) is 0 Å². The number of carbonyl (C=O) groups is 1. The molecule has 1 unspecified atom stereocenters. The fourth-order valence-corrected chi connectivity index (χ4v) is 4.80. The van der Waals surface area contributed by atoms with Crippen LogP contribution in [0, 0.1) is 0 Å². The van der Waals surface area contributed by atoms with Gasteiger partial charge in [0.15, 0.2) is 17.6 Å². The lowest BCUT2D eigenvalue weighted by atomic mass is 9.85. The van der Waals surface area contributed by atoms with Gasteiger partial charge in [-0.05, 0) is 53.6 Å². The maximum atomic E-state index is 13.4.